The Hall–Kier alpha value is -4.68. The first kappa shape index (κ1) is 27.9. The maximum atomic E-state index is 13.7. The van der Waals surface area contributed by atoms with Gasteiger partial charge < -0.3 is 30.3 Å². The van der Waals surface area contributed by atoms with E-state index in [1.54, 1.807) is 30.3 Å². The van der Waals surface area contributed by atoms with Gasteiger partial charge in [0.05, 0.1) is 7.11 Å². The smallest absolute Gasteiger partial charge is 0.418 e. The Morgan fingerprint density at radius 2 is 1.88 bits per heavy atom. The van der Waals surface area contributed by atoms with Crippen LogP contribution in [0.25, 0.3) is 0 Å². The van der Waals surface area contributed by atoms with Gasteiger partial charge in [0.25, 0.3) is 5.91 Å². The molecule has 1 heterocycles. The predicted molar refractivity (Wildman–Crippen MR) is 142 cm³/mol. The number of anilines is 1. The van der Waals surface area contributed by atoms with Crippen molar-refractivity contribution in [2.75, 3.05) is 26.0 Å². The summed E-state index contributed by atoms with van der Waals surface area (Å²) in [5.74, 6) is -1.52. The zero-order chi connectivity index (χ0) is 29.3. The Balaban J connectivity index is 1.32. The molecule has 12 nitrogen and oxygen atoms in total. The number of benzene rings is 2. The molecule has 3 N–H and O–H groups in total. The molecule has 41 heavy (non-hydrogen) atoms. The van der Waals surface area contributed by atoms with Crippen molar-refractivity contribution in [1.82, 2.24) is 20.4 Å². The van der Waals surface area contributed by atoms with E-state index in [0.29, 0.717) is 36.1 Å². The van der Waals surface area contributed by atoms with Gasteiger partial charge >= 0.3 is 18.2 Å². The van der Waals surface area contributed by atoms with Crippen LogP contribution in [0.1, 0.15) is 36.0 Å². The summed E-state index contributed by atoms with van der Waals surface area (Å²) in [6.45, 7) is -0.404. The molecule has 1 aliphatic heterocycles. The Kier molecular flexibility index (Phi) is 7.52. The topological polar surface area (TPSA) is 146 Å². The number of hydrogen-bond acceptors (Lipinski definition) is 7. The van der Waals surface area contributed by atoms with Crippen molar-refractivity contribution in [3.05, 3.63) is 65.0 Å². The van der Waals surface area contributed by atoms with Crippen LogP contribution < -0.4 is 16.0 Å². The van der Waals surface area contributed by atoms with Crippen molar-refractivity contribution in [3.63, 3.8) is 0 Å². The lowest BCUT2D eigenvalue weighted by Crippen LogP contribution is -2.57. The molecule has 5 rings (SSSR count). The van der Waals surface area contributed by atoms with E-state index in [4.69, 9.17) is 4.74 Å². The minimum absolute atomic E-state index is 0.126. The fourth-order valence-electron chi connectivity index (χ4n) is 5.54. The first-order valence-corrected chi connectivity index (χ1v) is 13.2. The van der Waals surface area contributed by atoms with Crippen LogP contribution in [0.2, 0.25) is 0 Å². The van der Waals surface area contributed by atoms with Gasteiger partial charge in [-0.25, -0.2) is 23.7 Å². The predicted octanol–water partition coefficient (Wildman–Crippen LogP) is 2.61. The molecule has 2 aliphatic carbocycles. The summed E-state index contributed by atoms with van der Waals surface area (Å²) < 4.78 is 23.8. The van der Waals surface area contributed by atoms with Crippen molar-refractivity contribution >= 4 is 35.7 Å². The zero-order valence-electron chi connectivity index (χ0n) is 22.6. The first-order valence-electron chi connectivity index (χ1n) is 13.2. The lowest BCUT2D eigenvalue weighted by Gasteiger charge is -2.43. The van der Waals surface area contributed by atoms with Crippen molar-refractivity contribution in [1.29, 1.82) is 0 Å². The molecule has 2 aromatic carbocycles. The average molecular weight is 568 g/mol. The van der Waals surface area contributed by atoms with Crippen LogP contribution in [0.3, 0.4) is 0 Å². The second kappa shape index (κ2) is 11.1. The summed E-state index contributed by atoms with van der Waals surface area (Å²) in [7, 11) is 2.76. The van der Waals surface area contributed by atoms with E-state index in [-0.39, 0.29) is 25.0 Å². The number of nitrogens with one attached hydrogen (secondary N) is 3. The van der Waals surface area contributed by atoms with E-state index in [1.165, 1.54) is 31.2 Å². The molecule has 0 aromatic heterocycles. The molecule has 0 radical (unpaired) electrons. The number of carbonyl (C=O) groups is 5. The Labute approximate surface area is 235 Å². The maximum Gasteiger partial charge on any atom is 0.418 e. The number of aryl methyl sites for hydroxylation is 1. The van der Waals surface area contributed by atoms with Crippen LogP contribution in [0.4, 0.5) is 24.5 Å². The standard InChI is InChI=1S/C28H30FN5O7/c1-30-25(37)31-19-7-8-22-17(11-19)9-10-28(22)24(36)34(27(39)41-28)15-23(35)33(14-16-3-5-18(29)6-4-16)21-12-20(13-21)32-26(38)40-2/h3-8,11,20-21H,9-10,12-15H2,1-2H3,(H,32,38)(H2,30,31,37)/t20?,21?,28-/m1/s1. The molecule has 2 fully saturated rings. The number of methoxy groups -OCH3 is 1. The number of fused-ring (bicyclic) bond motifs is 2. The summed E-state index contributed by atoms with van der Waals surface area (Å²) in [5, 5.41) is 7.83. The van der Waals surface area contributed by atoms with Crippen LogP contribution in [-0.4, -0.2) is 72.6 Å². The molecular formula is C28H30FN5O7. The van der Waals surface area contributed by atoms with Crippen LogP contribution in [0.5, 0.6) is 0 Å². The molecule has 2 aromatic rings. The zero-order valence-corrected chi connectivity index (χ0v) is 22.6. The van der Waals surface area contributed by atoms with E-state index in [9.17, 15) is 28.4 Å². The molecular weight excluding hydrogens is 537 g/mol. The highest BCUT2D eigenvalue weighted by Gasteiger charge is 2.58. The van der Waals surface area contributed by atoms with Crippen molar-refractivity contribution < 1.29 is 37.8 Å². The summed E-state index contributed by atoms with van der Waals surface area (Å²) in [6, 6.07) is 9.83. The van der Waals surface area contributed by atoms with E-state index in [0.717, 1.165) is 10.5 Å². The Morgan fingerprint density at radius 1 is 1.15 bits per heavy atom. The Bertz CT molecular complexity index is 1390. The van der Waals surface area contributed by atoms with Gasteiger partial charge in [0.15, 0.2) is 0 Å². The van der Waals surface area contributed by atoms with E-state index < -0.39 is 48.0 Å². The largest absolute Gasteiger partial charge is 0.453 e. The molecule has 0 bridgehead atoms. The summed E-state index contributed by atoms with van der Waals surface area (Å²) in [5.41, 5.74) is 0.936. The molecule has 6 amide bonds. The van der Waals surface area contributed by atoms with Gasteiger partial charge in [-0.1, -0.05) is 18.2 Å². The van der Waals surface area contributed by atoms with E-state index >= 15 is 0 Å². The quantitative estimate of drug-likeness (QED) is 0.466. The fraction of sp³-hybridized carbons (Fsp3) is 0.393. The monoisotopic (exact) mass is 567 g/mol. The first-order chi connectivity index (χ1) is 19.6. The summed E-state index contributed by atoms with van der Waals surface area (Å²) >= 11 is 0. The maximum absolute atomic E-state index is 13.7. The van der Waals surface area contributed by atoms with Gasteiger partial charge in [0.2, 0.25) is 11.5 Å². The highest BCUT2D eigenvalue weighted by molar-refractivity contribution is 6.06. The van der Waals surface area contributed by atoms with Gasteiger partial charge in [-0.05, 0) is 54.7 Å². The number of amides is 6. The van der Waals surface area contributed by atoms with E-state index in [1.807, 2.05) is 0 Å². The third-order valence-electron chi connectivity index (χ3n) is 7.79. The highest BCUT2D eigenvalue weighted by atomic mass is 19.1. The number of nitrogens with zero attached hydrogens (tertiary/aromatic N) is 2. The SMILES string of the molecule is CNC(=O)Nc1ccc2c(c1)CC[C@@]21OC(=O)N(CC(=O)N(Cc2ccc(F)cc2)C2CC(NC(=O)OC)C2)C1=O. The minimum atomic E-state index is -1.54. The second-order valence-corrected chi connectivity index (χ2v) is 10.3. The molecule has 1 saturated carbocycles. The second-order valence-electron chi connectivity index (χ2n) is 10.3. The normalized spacial score (nSPS) is 22.5. The summed E-state index contributed by atoms with van der Waals surface area (Å²) in [6.07, 6.45) is 0.0588. The molecule has 1 spiro atoms. The number of ether oxygens (including phenoxy) is 2. The number of urea groups is 1. The van der Waals surface area contributed by atoms with Gasteiger partial charge in [0, 0.05) is 43.3 Å². The van der Waals surface area contributed by atoms with Gasteiger partial charge in [-0.15, -0.1) is 0 Å². The molecule has 216 valence electrons. The lowest BCUT2D eigenvalue weighted by molar-refractivity contribution is -0.144. The van der Waals surface area contributed by atoms with Crippen LogP contribution in [-0.2, 0) is 37.6 Å². The minimum Gasteiger partial charge on any atom is -0.453 e. The Morgan fingerprint density at radius 3 is 2.56 bits per heavy atom. The van der Waals surface area contributed by atoms with Gasteiger partial charge in [-0.3, -0.25) is 9.59 Å². The average Bonchev–Trinajstić information content (AvgIpc) is 3.41. The molecule has 1 atom stereocenters. The number of imide groups is 1. The molecule has 13 heteroatoms. The van der Waals surface area contributed by atoms with Gasteiger partial charge in [-0.2, -0.15) is 0 Å². The van der Waals surface area contributed by atoms with Crippen molar-refractivity contribution in [3.8, 4) is 0 Å². The van der Waals surface area contributed by atoms with Crippen LogP contribution in [0.15, 0.2) is 42.5 Å². The molecule has 1 saturated heterocycles. The number of halogens is 1. The van der Waals surface area contributed by atoms with E-state index in [2.05, 4.69) is 20.7 Å². The third kappa shape index (κ3) is 5.39. The number of rotatable bonds is 7. The molecule has 0 unspecified atom stereocenters. The number of hydrogen-bond donors (Lipinski definition) is 3. The molecule has 3 aliphatic rings. The summed E-state index contributed by atoms with van der Waals surface area (Å²) in [4.78, 5) is 65.8. The van der Waals surface area contributed by atoms with Crippen molar-refractivity contribution in [2.45, 2.75) is 49.9 Å². The van der Waals surface area contributed by atoms with Gasteiger partial charge in [0.1, 0.15) is 12.4 Å². The number of carbonyl (C=O) groups excluding carboxylic acids is 5. The van der Waals surface area contributed by atoms with Crippen LogP contribution >= 0.6 is 0 Å². The third-order valence-corrected chi connectivity index (χ3v) is 7.79. The van der Waals surface area contributed by atoms with Crippen LogP contribution in [0, 0.1) is 5.82 Å². The lowest BCUT2D eigenvalue weighted by atomic mass is 9.85. The number of alkyl carbamates (subject to hydrolysis) is 1. The van der Waals surface area contributed by atoms with Crippen molar-refractivity contribution in [2.24, 2.45) is 0 Å². The fourth-order valence-corrected chi connectivity index (χ4v) is 5.54. The highest BCUT2D eigenvalue weighted by Crippen LogP contribution is 2.46.